The molecular formula is C26H24N2O4. The van der Waals surface area contributed by atoms with Gasteiger partial charge in [0.1, 0.15) is 23.6 Å². The van der Waals surface area contributed by atoms with Crippen LogP contribution in [-0.2, 0) is 16.1 Å². The zero-order valence-corrected chi connectivity index (χ0v) is 17.8. The predicted octanol–water partition coefficient (Wildman–Crippen LogP) is 3.76. The maximum atomic E-state index is 14.1. The van der Waals surface area contributed by atoms with Crippen LogP contribution in [0, 0.1) is 5.92 Å². The molecule has 2 aromatic carbocycles. The average molecular weight is 428 g/mol. The van der Waals surface area contributed by atoms with Crippen LogP contribution < -0.4 is 4.74 Å². The van der Waals surface area contributed by atoms with Gasteiger partial charge in [0.2, 0.25) is 11.8 Å². The smallest absolute Gasteiger partial charge is 0.249 e. The summed E-state index contributed by atoms with van der Waals surface area (Å²) in [6.07, 6.45) is 1.59. The number of rotatable bonds is 3. The SMILES string of the molecule is C[C@@]12C(=O)N(Cc3ccco3)CC(=O)N1C1c3ccccc3OCC1C2c1ccccc1. The summed E-state index contributed by atoms with van der Waals surface area (Å²) in [5.74, 6) is 1.18. The first-order valence-electron chi connectivity index (χ1n) is 11.0. The van der Waals surface area contributed by atoms with Gasteiger partial charge in [-0.3, -0.25) is 9.59 Å². The molecule has 4 atom stereocenters. The second-order valence-corrected chi connectivity index (χ2v) is 9.00. The Hall–Kier alpha value is -3.54. The summed E-state index contributed by atoms with van der Waals surface area (Å²) >= 11 is 0. The number of carbonyl (C=O) groups excluding carboxylic acids is 2. The molecule has 4 heterocycles. The van der Waals surface area contributed by atoms with Gasteiger partial charge < -0.3 is 19.0 Å². The topological polar surface area (TPSA) is 63.0 Å². The Morgan fingerprint density at radius 3 is 2.56 bits per heavy atom. The first-order chi connectivity index (χ1) is 15.6. The maximum Gasteiger partial charge on any atom is 0.249 e. The highest BCUT2D eigenvalue weighted by molar-refractivity contribution is 5.99. The largest absolute Gasteiger partial charge is 0.493 e. The Balaban J connectivity index is 1.50. The van der Waals surface area contributed by atoms with Gasteiger partial charge in [0.05, 0.1) is 25.5 Å². The summed E-state index contributed by atoms with van der Waals surface area (Å²) in [5.41, 5.74) is 1.02. The monoisotopic (exact) mass is 428 g/mol. The number of hydrogen-bond donors (Lipinski definition) is 0. The van der Waals surface area contributed by atoms with Gasteiger partial charge in [-0.25, -0.2) is 0 Å². The van der Waals surface area contributed by atoms with Crippen molar-refractivity contribution in [1.82, 2.24) is 9.80 Å². The Morgan fingerprint density at radius 1 is 1.00 bits per heavy atom. The lowest BCUT2D eigenvalue weighted by atomic mass is 9.73. The lowest BCUT2D eigenvalue weighted by molar-refractivity contribution is -0.164. The van der Waals surface area contributed by atoms with Gasteiger partial charge in [-0.15, -0.1) is 0 Å². The van der Waals surface area contributed by atoms with E-state index >= 15 is 0 Å². The van der Waals surface area contributed by atoms with E-state index in [9.17, 15) is 9.59 Å². The van der Waals surface area contributed by atoms with Crippen molar-refractivity contribution in [1.29, 1.82) is 0 Å². The van der Waals surface area contributed by atoms with Crippen LogP contribution in [0.4, 0.5) is 0 Å². The van der Waals surface area contributed by atoms with E-state index in [0.29, 0.717) is 12.4 Å². The fourth-order valence-electron chi connectivity index (χ4n) is 6.06. The van der Waals surface area contributed by atoms with Crippen molar-refractivity contribution < 1.29 is 18.7 Å². The molecule has 0 bridgehead atoms. The summed E-state index contributed by atoms with van der Waals surface area (Å²) in [6, 6.07) is 21.4. The van der Waals surface area contributed by atoms with Crippen molar-refractivity contribution in [3.8, 4) is 5.75 Å². The quantitative estimate of drug-likeness (QED) is 0.637. The number of benzene rings is 2. The second kappa shape index (κ2) is 6.99. The van der Waals surface area contributed by atoms with Crippen molar-refractivity contribution in [2.24, 2.45) is 5.92 Å². The van der Waals surface area contributed by atoms with E-state index in [4.69, 9.17) is 9.15 Å². The predicted molar refractivity (Wildman–Crippen MR) is 117 cm³/mol. The van der Waals surface area contributed by atoms with Gasteiger partial charge in [-0.05, 0) is 30.7 Å². The highest BCUT2D eigenvalue weighted by Crippen LogP contribution is 2.59. The standard InChI is InChI=1S/C26H24N2O4/c1-26-23(17-8-3-2-4-9-17)20-16-32-21-12-6-5-11-19(21)24(20)28(26)22(29)15-27(25(26)30)14-18-10-7-13-31-18/h2-13,20,23-24H,14-16H2,1H3/t20?,23?,24?,26-/m1/s1. The number of ether oxygens (including phenoxy) is 1. The first-order valence-corrected chi connectivity index (χ1v) is 11.0. The first kappa shape index (κ1) is 19.2. The fourth-order valence-corrected chi connectivity index (χ4v) is 6.06. The molecule has 2 saturated heterocycles. The molecule has 162 valence electrons. The number of carbonyl (C=O) groups is 2. The molecule has 0 radical (unpaired) electrons. The molecular weight excluding hydrogens is 404 g/mol. The van der Waals surface area contributed by atoms with Crippen LogP contribution in [0.3, 0.4) is 0 Å². The highest BCUT2D eigenvalue weighted by Gasteiger charge is 2.66. The number of fused-ring (bicyclic) bond motifs is 5. The van der Waals surface area contributed by atoms with Crippen LogP contribution in [-0.4, -0.2) is 40.3 Å². The molecule has 1 aromatic heterocycles. The lowest BCUT2D eigenvalue weighted by Crippen LogP contribution is -2.65. The minimum Gasteiger partial charge on any atom is -0.493 e. The summed E-state index contributed by atoms with van der Waals surface area (Å²) < 4.78 is 11.6. The van der Waals surface area contributed by atoms with Crippen molar-refractivity contribution in [2.45, 2.75) is 31.0 Å². The average Bonchev–Trinajstić information content (AvgIpc) is 3.42. The zero-order chi connectivity index (χ0) is 21.9. The maximum absolute atomic E-state index is 14.1. The van der Waals surface area contributed by atoms with Gasteiger partial charge >= 0.3 is 0 Å². The Kier molecular flexibility index (Phi) is 4.18. The van der Waals surface area contributed by atoms with Crippen LogP contribution in [0.1, 0.15) is 35.8 Å². The summed E-state index contributed by atoms with van der Waals surface area (Å²) in [4.78, 5) is 31.3. The minimum absolute atomic E-state index is 0.0197. The third-order valence-electron chi connectivity index (χ3n) is 7.29. The molecule has 3 unspecified atom stereocenters. The van der Waals surface area contributed by atoms with Crippen LogP contribution >= 0.6 is 0 Å². The fraction of sp³-hybridized carbons (Fsp3) is 0.308. The molecule has 3 aromatic rings. The molecule has 6 heteroatoms. The van der Waals surface area contributed by atoms with Crippen LogP contribution in [0.2, 0.25) is 0 Å². The molecule has 2 amide bonds. The van der Waals surface area contributed by atoms with E-state index in [1.165, 1.54) is 0 Å². The molecule has 0 saturated carbocycles. The molecule has 0 aliphatic carbocycles. The van der Waals surface area contributed by atoms with Gasteiger partial charge in [0, 0.05) is 17.4 Å². The van der Waals surface area contributed by atoms with Gasteiger partial charge in [-0.2, -0.15) is 0 Å². The number of nitrogens with zero attached hydrogens (tertiary/aromatic N) is 2. The van der Waals surface area contributed by atoms with Gasteiger partial charge in [-0.1, -0.05) is 48.5 Å². The molecule has 32 heavy (non-hydrogen) atoms. The van der Waals surface area contributed by atoms with E-state index < -0.39 is 5.54 Å². The van der Waals surface area contributed by atoms with E-state index in [-0.39, 0.29) is 42.8 Å². The minimum atomic E-state index is -1.01. The number of hydrogen-bond acceptors (Lipinski definition) is 4. The number of para-hydroxylation sites is 1. The molecule has 6 nitrogen and oxygen atoms in total. The zero-order valence-electron chi connectivity index (χ0n) is 17.8. The molecule has 0 spiro atoms. The van der Waals surface area contributed by atoms with Crippen LogP contribution in [0.5, 0.6) is 5.75 Å². The third kappa shape index (κ3) is 2.58. The van der Waals surface area contributed by atoms with E-state index in [1.807, 2.05) is 60.4 Å². The summed E-state index contributed by atoms with van der Waals surface area (Å²) in [7, 11) is 0. The summed E-state index contributed by atoms with van der Waals surface area (Å²) in [6.45, 7) is 2.72. The van der Waals surface area contributed by atoms with Crippen LogP contribution in [0.15, 0.2) is 77.4 Å². The van der Waals surface area contributed by atoms with Crippen molar-refractivity contribution >= 4 is 11.8 Å². The van der Waals surface area contributed by atoms with Crippen molar-refractivity contribution in [3.05, 3.63) is 89.9 Å². The van der Waals surface area contributed by atoms with E-state index in [1.54, 1.807) is 17.2 Å². The number of amides is 2. The van der Waals surface area contributed by atoms with E-state index in [0.717, 1.165) is 16.9 Å². The van der Waals surface area contributed by atoms with E-state index in [2.05, 4.69) is 12.1 Å². The summed E-state index contributed by atoms with van der Waals surface area (Å²) in [5, 5.41) is 0. The van der Waals surface area contributed by atoms with Gasteiger partial charge in [0.15, 0.2) is 0 Å². The Morgan fingerprint density at radius 2 is 1.78 bits per heavy atom. The van der Waals surface area contributed by atoms with Crippen molar-refractivity contribution in [2.75, 3.05) is 13.2 Å². The van der Waals surface area contributed by atoms with Crippen LogP contribution in [0.25, 0.3) is 0 Å². The number of furan rings is 1. The Labute approximate surface area is 186 Å². The third-order valence-corrected chi connectivity index (χ3v) is 7.29. The number of piperazine rings is 1. The molecule has 3 aliphatic rings. The molecule has 0 N–H and O–H groups in total. The van der Waals surface area contributed by atoms with Crippen molar-refractivity contribution in [3.63, 3.8) is 0 Å². The molecule has 6 rings (SSSR count). The highest BCUT2D eigenvalue weighted by atomic mass is 16.5. The Bertz CT molecular complexity index is 1180. The van der Waals surface area contributed by atoms with Gasteiger partial charge in [0.25, 0.3) is 0 Å². The molecule has 2 fully saturated rings. The normalized spacial score (nSPS) is 28.7. The molecule has 3 aliphatic heterocycles. The lowest BCUT2D eigenvalue weighted by Gasteiger charge is -2.47. The second-order valence-electron chi connectivity index (χ2n) is 9.00.